The molecule has 1 aromatic heterocycles. The number of aryl methyl sites for hydroxylation is 1. The fourth-order valence-corrected chi connectivity index (χ4v) is 1.59. The fourth-order valence-electron chi connectivity index (χ4n) is 1.59. The van der Waals surface area contributed by atoms with Crippen LogP contribution in [0.15, 0.2) is 36.5 Å². The molecule has 0 aliphatic heterocycles. The zero-order chi connectivity index (χ0) is 12.3. The van der Waals surface area contributed by atoms with Crippen molar-refractivity contribution in [1.82, 2.24) is 15.1 Å². The molecule has 0 unspecified atom stereocenters. The van der Waals surface area contributed by atoms with Crippen LogP contribution >= 0.6 is 12.4 Å². The Labute approximate surface area is 111 Å². The van der Waals surface area contributed by atoms with Crippen molar-refractivity contribution in [1.29, 1.82) is 0 Å². The average Bonchev–Trinajstić information content (AvgIpc) is 2.67. The molecular weight excluding hydrogens is 252 g/mol. The quantitative estimate of drug-likeness (QED) is 0.881. The zero-order valence-electron chi connectivity index (χ0n) is 9.96. The van der Waals surface area contributed by atoms with Crippen molar-refractivity contribution in [2.24, 2.45) is 7.05 Å². The zero-order valence-corrected chi connectivity index (χ0v) is 10.8. The largest absolute Gasteiger partial charge is 0.396 e. The van der Waals surface area contributed by atoms with Crippen LogP contribution in [0.2, 0.25) is 0 Å². The summed E-state index contributed by atoms with van der Waals surface area (Å²) in [5.74, 6) is -0.216. The van der Waals surface area contributed by atoms with E-state index in [4.69, 9.17) is 5.73 Å². The molecule has 96 valence electrons. The Hall–Kier alpha value is -2.01. The maximum Gasteiger partial charge on any atom is 0.271 e. The summed E-state index contributed by atoms with van der Waals surface area (Å²) in [6.07, 6.45) is 1.47. The van der Waals surface area contributed by atoms with Crippen LogP contribution in [-0.2, 0) is 13.6 Å². The highest BCUT2D eigenvalue weighted by Gasteiger charge is 2.13. The number of aromatic nitrogens is 2. The second-order valence-electron chi connectivity index (χ2n) is 3.74. The maximum atomic E-state index is 11.9. The number of carbonyl (C=O) groups excluding carboxylic acids is 1. The van der Waals surface area contributed by atoms with Gasteiger partial charge in [-0.05, 0) is 5.56 Å². The molecule has 0 bridgehead atoms. The molecule has 0 aliphatic rings. The first kappa shape index (κ1) is 14.1. The molecule has 1 aromatic carbocycles. The molecule has 5 nitrogen and oxygen atoms in total. The summed E-state index contributed by atoms with van der Waals surface area (Å²) < 4.78 is 1.47. The van der Waals surface area contributed by atoms with Gasteiger partial charge < -0.3 is 11.1 Å². The lowest BCUT2D eigenvalue weighted by Gasteiger charge is -2.06. The number of nitrogens with one attached hydrogen (secondary N) is 1. The lowest BCUT2D eigenvalue weighted by atomic mass is 10.2. The van der Waals surface area contributed by atoms with Crippen LogP contribution in [0.25, 0.3) is 0 Å². The van der Waals surface area contributed by atoms with Gasteiger partial charge in [0.05, 0.1) is 11.9 Å². The first-order chi connectivity index (χ1) is 8.18. The molecule has 2 aromatic rings. The molecule has 0 spiro atoms. The van der Waals surface area contributed by atoms with Gasteiger partial charge in [-0.25, -0.2) is 0 Å². The molecule has 0 saturated carbocycles. The number of hydrogen-bond acceptors (Lipinski definition) is 3. The molecule has 1 amide bonds. The topological polar surface area (TPSA) is 72.9 Å². The summed E-state index contributed by atoms with van der Waals surface area (Å²) in [6.45, 7) is 0.476. The second kappa shape index (κ2) is 6.07. The van der Waals surface area contributed by atoms with Gasteiger partial charge in [-0.1, -0.05) is 30.3 Å². The normalized spacial score (nSPS) is 9.61. The lowest BCUT2D eigenvalue weighted by molar-refractivity contribution is 0.0942. The van der Waals surface area contributed by atoms with E-state index in [1.165, 1.54) is 10.9 Å². The summed E-state index contributed by atoms with van der Waals surface area (Å²) in [6, 6.07) is 9.70. The Morgan fingerprint density at radius 3 is 2.61 bits per heavy atom. The fraction of sp³-hybridized carbons (Fsp3) is 0.167. The number of nitrogens with zero attached hydrogens (tertiary/aromatic N) is 2. The van der Waals surface area contributed by atoms with E-state index < -0.39 is 0 Å². The van der Waals surface area contributed by atoms with E-state index in [9.17, 15) is 4.79 Å². The Bertz CT molecular complexity index is 505. The number of carbonyl (C=O) groups is 1. The molecule has 0 fully saturated rings. The molecule has 0 aliphatic carbocycles. The molecule has 3 N–H and O–H groups in total. The van der Waals surface area contributed by atoms with E-state index in [0.29, 0.717) is 17.9 Å². The third-order valence-corrected chi connectivity index (χ3v) is 2.48. The van der Waals surface area contributed by atoms with Crippen molar-refractivity contribution in [3.63, 3.8) is 0 Å². The third kappa shape index (κ3) is 3.01. The summed E-state index contributed by atoms with van der Waals surface area (Å²) in [4.78, 5) is 11.9. The van der Waals surface area contributed by atoms with Crippen LogP contribution in [0.5, 0.6) is 0 Å². The average molecular weight is 267 g/mol. The first-order valence-corrected chi connectivity index (χ1v) is 5.28. The van der Waals surface area contributed by atoms with Crippen molar-refractivity contribution in [3.05, 3.63) is 47.8 Å². The minimum absolute atomic E-state index is 0. The summed E-state index contributed by atoms with van der Waals surface area (Å²) in [7, 11) is 1.69. The van der Waals surface area contributed by atoms with Gasteiger partial charge in [-0.2, -0.15) is 5.10 Å². The number of benzene rings is 1. The Balaban J connectivity index is 0.00000162. The first-order valence-electron chi connectivity index (χ1n) is 5.28. The highest BCUT2D eigenvalue weighted by atomic mass is 35.5. The van der Waals surface area contributed by atoms with Crippen molar-refractivity contribution >= 4 is 24.0 Å². The number of hydrogen-bond donors (Lipinski definition) is 2. The summed E-state index contributed by atoms with van der Waals surface area (Å²) in [5.41, 5.74) is 7.49. The van der Waals surface area contributed by atoms with Gasteiger partial charge in [0.1, 0.15) is 5.69 Å². The maximum absolute atomic E-state index is 11.9. The predicted octanol–water partition coefficient (Wildman–Crippen LogP) is 1.35. The van der Waals surface area contributed by atoms with Crippen molar-refractivity contribution in [2.45, 2.75) is 6.54 Å². The number of amides is 1. The predicted molar refractivity (Wildman–Crippen MR) is 72.5 cm³/mol. The number of rotatable bonds is 3. The molecule has 18 heavy (non-hydrogen) atoms. The highest BCUT2D eigenvalue weighted by Crippen LogP contribution is 2.09. The number of halogens is 1. The van der Waals surface area contributed by atoms with Crippen LogP contribution in [0.3, 0.4) is 0 Å². The summed E-state index contributed by atoms with van der Waals surface area (Å²) in [5, 5.41) is 6.73. The SMILES string of the molecule is Cl.Cn1ncc(N)c1C(=O)NCc1ccccc1. The lowest BCUT2D eigenvalue weighted by Crippen LogP contribution is -2.26. The van der Waals surface area contributed by atoms with Crippen molar-refractivity contribution in [2.75, 3.05) is 5.73 Å². The minimum Gasteiger partial charge on any atom is -0.396 e. The Morgan fingerprint density at radius 1 is 1.39 bits per heavy atom. The van der Waals surface area contributed by atoms with E-state index in [1.54, 1.807) is 7.05 Å². The number of nitrogen functional groups attached to an aromatic ring is 1. The molecule has 1 heterocycles. The molecule has 2 rings (SSSR count). The van der Waals surface area contributed by atoms with E-state index in [2.05, 4.69) is 10.4 Å². The Morgan fingerprint density at radius 2 is 2.06 bits per heavy atom. The second-order valence-corrected chi connectivity index (χ2v) is 3.74. The number of anilines is 1. The van der Waals surface area contributed by atoms with Crippen LogP contribution < -0.4 is 11.1 Å². The minimum atomic E-state index is -0.216. The van der Waals surface area contributed by atoms with E-state index in [-0.39, 0.29) is 18.3 Å². The number of nitrogens with two attached hydrogens (primary N) is 1. The van der Waals surface area contributed by atoms with Gasteiger partial charge in [0.15, 0.2) is 0 Å². The van der Waals surface area contributed by atoms with Gasteiger partial charge in [0.2, 0.25) is 0 Å². The highest BCUT2D eigenvalue weighted by molar-refractivity contribution is 5.97. The van der Waals surface area contributed by atoms with Gasteiger partial charge in [0, 0.05) is 13.6 Å². The Kier molecular flexibility index (Phi) is 4.74. The van der Waals surface area contributed by atoms with E-state index >= 15 is 0 Å². The van der Waals surface area contributed by atoms with E-state index in [1.807, 2.05) is 30.3 Å². The molecule has 6 heteroatoms. The van der Waals surface area contributed by atoms with Gasteiger partial charge >= 0.3 is 0 Å². The van der Waals surface area contributed by atoms with Gasteiger partial charge in [0.25, 0.3) is 5.91 Å². The molecule has 0 atom stereocenters. The monoisotopic (exact) mass is 266 g/mol. The standard InChI is InChI=1S/C12H14N4O.ClH/c1-16-11(10(13)8-15-16)12(17)14-7-9-5-3-2-4-6-9;/h2-6,8H,7,13H2,1H3,(H,14,17);1H. The third-order valence-electron chi connectivity index (χ3n) is 2.48. The van der Waals surface area contributed by atoms with Crippen LogP contribution in [0, 0.1) is 0 Å². The van der Waals surface area contributed by atoms with Crippen LogP contribution in [-0.4, -0.2) is 15.7 Å². The smallest absolute Gasteiger partial charge is 0.271 e. The van der Waals surface area contributed by atoms with E-state index in [0.717, 1.165) is 5.56 Å². The van der Waals surface area contributed by atoms with Gasteiger partial charge in [-0.15, -0.1) is 12.4 Å². The molecular formula is C12H15ClN4O. The molecule has 0 radical (unpaired) electrons. The van der Waals surface area contributed by atoms with Crippen LogP contribution in [0.1, 0.15) is 16.1 Å². The van der Waals surface area contributed by atoms with Crippen molar-refractivity contribution in [3.8, 4) is 0 Å². The van der Waals surface area contributed by atoms with Crippen molar-refractivity contribution < 1.29 is 4.79 Å². The van der Waals surface area contributed by atoms with Gasteiger partial charge in [-0.3, -0.25) is 9.48 Å². The van der Waals surface area contributed by atoms with Crippen LogP contribution in [0.4, 0.5) is 5.69 Å². The molecule has 0 saturated heterocycles. The summed E-state index contributed by atoms with van der Waals surface area (Å²) >= 11 is 0.